The number of isothiocyanates is 1. The molecule has 0 saturated carbocycles. The van der Waals surface area contributed by atoms with Gasteiger partial charge in [0.2, 0.25) is 0 Å². The normalized spacial score (nSPS) is 9.88. The van der Waals surface area contributed by atoms with Crippen molar-refractivity contribution in [3.63, 3.8) is 0 Å². The average molecular weight is 449 g/mol. The van der Waals surface area contributed by atoms with Gasteiger partial charge in [0, 0.05) is 14.7 Å². The maximum atomic E-state index is 14.1. The van der Waals surface area contributed by atoms with Crippen molar-refractivity contribution in [1.29, 1.82) is 0 Å². The Balaban J connectivity index is 2.40. The van der Waals surface area contributed by atoms with Crippen LogP contribution in [-0.4, -0.2) is 5.16 Å². The Morgan fingerprint density at radius 3 is 2.54 bits per heavy atom. The van der Waals surface area contributed by atoms with Crippen molar-refractivity contribution >= 4 is 45.7 Å². The standard InChI is InChI=1S/C20H17FINS/c1-4-5-16-8-9-17(14(3)13(16)2)7-6-15-10-18(21)20(23-12-24)19(22)11-15/h8-11H,4-5H2,1-3H3. The monoisotopic (exact) mass is 449 g/mol. The summed E-state index contributed by atoms with van der Waals surface area (Å²) in [6, 6.07) is 7.37. The lowest BCUT2D eigenvalue weighted by Crippen LogP contribution is -1.95. The molecule has 24 heavy (non-hydrogen) atoms. The first-order valence-corrected chi connectivity index (χ1v) is 9.14. The SMILES string of the molecule is CCCc1ccc(C#Cc2cc(F)c(N=C=S)c(I)c2)c(C)c1C. The second-order valence-electron chi connectivity index (χ2n) is 5.51. The fourth-order valence-corrected chi connectivity index (χ4v) is 3.29. The molecule has 0 fully saturated rings. The van der Waals surface area contributed by atoms with Crippen LogP contribution in [0.5, 0.6) is 0 Å². The highest BCUT2D eigenvalue weighted by atomic mass is 127. The molecule has 0 atom stereocenters. The minimum atomic E-state index is -0.435. The van der Waals surface area contributed by atoms with Crippen molar-refractivity contribution in [3.05, 3.63) is 61.5 Å². The smallest absolute Gasteiger partial charge is 0.151 e. The van der Waals surface area contributed by atoms with Gasteiger partial charge in [0.05, 0.1) is 5.16 Å². The van der Waals surface area contributed by atoms with Crippen LogP contribution >= 0.6 is 34.8 Å². The maximum Gasteiger partial charge on any atom is 0.151 e. The van der Waals surface area contributed by atoms with Gasteiger partial charge in [-0.05, 0) is 90.0 Å². The zero-order valence-electron chi connectivity index (χ0n) is 13.8. The van der Waals surface area contributed by atoms with Gasteiger partial charge in [-0.2, -0.15) is 4.99 Å². The van der Waals surface area contributed by atoms with Crippen LogP contribution in [0.15, 0.2) is 29.3 Å². The van der Waals surface area contributed by atoms with Gasteiger partial charge in [0.15, 0.2) is 5.82 Å². The number of aryl methyl sites for hydroxylation is 1. The number of halogens is 2. The fraction of sp³-hybridized carbons (Fsp3) is 0.250. The van der Waals surface area contributed by atoms with Gasteiger partial charge in [-0.3, -0.25) is 0 Å². The number of benzene rings is 2. The van der Waals surface area contributed by atoms with Gasteiger partial charge >= 0.3 is 0 Å². The van der Waals surface area contributed by atoms with E-state index in [0.29, 0.717) is 9.13 Å². The van der Waals surface area contributed by atoms with Gasteiger partial charge in [-0.25, -0.2) is 4.39 Å². The second kappa shape index (κ2) is 8.53. The van der Waals surface area contributed by atoms with Gasteiger partial charge in [-0.1, -0.05) is 31.3 Å². The lowest BCUT2D eigenvalue weighted by molar-refractivity contribution is 0.629. The first-order chi connectivity index (χ1) is 11.5. The molecular weight excluding hydrogens is 432 g/mol. The summed E-state index contributed by atoms with van der Waals surface area (Å²) in [6.07, 6.45) is 2.20. The van der Waals surface area contributed by atoms with Crippen LogP contribution in [0.4, 0.5) is 10.1 Å². The molecule has 0 amide bonds. The predicted octanol–water partition coefficient (Wildman–Crippen LogP) is 6.13. The third-order valence-corrected chi connectivity index (χ3v) is 4.85. The Hall–Kier alpha value is -1.54. The van der Waals surface area contributed by atoms with Crippen LogP contribution < -0.4 is 0 Å². The quantitative estimate of drug-likeness (QED) is 0.238. The van der Waals surface area contributed by atoms with Gasteiger partial charge in [0.1, 0.15) is 5.69 Å². The molecule has 0 saturated heterocycles. The van der Waals surface area contributed by atoms with E-state index in [0.717, 1.165) is 18.4 Å². The Morgan fingerprint density at radius 1 is 1.17 bits per heavy atom. The second-order valence-corrected chi connectivity index (χ2v) is 6.86. The van der Waals surface area contributed by atoms with Crippen LogP contribution in [0.2, 0.25) is 0 Å². The summed E-state index contributed by atoms with van der Waals surface area (Å²) in [5.41, 5.74) is 5.65. The number of hydrogen-bond donors (Lipinski definition) is 0. The summed E-state index contributed by atoms with van der Waals surface area (Å²) in [7, 11) is 0. The topological polar surface area (TPSA) is 12.4 Å². The molecular formula is C20H17FINS. The number of thiocarbonyl (C=S) groups is 1. The number of nitrogens with zero attached hydrogens (tertiary/aromatic N) is 1. The van der Waals surface area contributed by atoms with Gasteiger partial charge in [-0.15, -0.1) is 0 Å². The van der Waals surface area contributed by atoms with E-state index in [1.807, 2.05) is 28.7 Å². The average Bonchev–Trinajstić information content (AvgIpc) is 2.55. The van der Waals surface area contributed by atoms with Crippen molar-refractivity contribution in [2.75, 3.05) is 0 Å². The molecule has 2 aromatic rings. The summed E-state index contributed by atoms with van der Waals surface area (Å²) in [5, 5.41) is 2.20. The molecule has 0 aliphatic carbocycles. The largest absolute Gasteiger partial charge is 0.204 e. The Bertz CT molecular complexity index is 863. The predicted molar refractivity (Wildman–Crippen MR) is 110 cm³/mol. The van der Waals surface area contributed by atoms with E-state index in [-0.39, 0.29) is 5.69 Å². The van der Waals surface area contributed by atoms with Crippen molar-refractivity contribution in [2.45, 2.75) is 33.6 Å². The summed E-state index contributed by atoms with van der Waals surface area (Å²) < 4.78 is 14.7. The molecule has 0 radical (unpaired) electrons. The van der Waals surface area contributed by atoms with Crippen molar-refractivity contribution in [2.24, 2.45) is 4.99 Å². The molecule has 0 aliphatic heterocycles. The van der Waals surface area contributed by atoms with E-state index < -0.39 is 5.82 Å². The Morgan fingerprint density at radius 2 is 1.92 bits per heavy atom. The molecule has 0 unspecified atom stereocenters. The van der Waals surface area contributed by atoms with Crippen LogP contribution in [-0.2, 0) is 6.42 Å². The molecule has 0 aromatic heterocycles. The van der Waals surface area contributed by atoms with Gasteiger partial charge < -0.3 is 0 Å². The molecule has 0 aliphatic rings. The molecule has 2 rings (SSSR count). The zero-order chi connectivity index (χ0) is 17.7. The van der Waals surface area contributed by atoms with E-state index in [1.165, 1.54) is 22.8 Å². The highest BCUT2D eigenvalue weighted by Gasteiger charge is 2.08. The van der Waals surface area contributed by atoms with Crippen LogP contribution in [0.3, 0.4) is 0 Å². The molecule has 0 bridgehead atoms. The Labute approximate surface area is 161 Å². The molecule has 2 aromatic carbocycles. The number of hydrogen-bond acceptors (Lipinski definition) is 2. The molecule has 1 nitrogen and oxygen atoms in total. The van der Waals surface area contributed by atoms with E-state index in [1.54, 1.807) is 6.07 Å². The van der Waals surface area contributed by atoms with E-state index in [2.05, 4.69) is 61.0 Å². The highest BCUT2D eigenvalue weighted by Crippen LogP contribution is 2.26. The molecule has 0 spiro atoms. The summed E-state index contributed by atoms with van der Waals surface area (Å²) in [6.45, 7) is 6.39. The minimum absolute atomic E-state index is 0.215. The highest BCUT2D eigenvalue weighted by molar-refractivity contribution is 14.1. The third-order valence-electron chi connectivity index (χ3n) is 3.93. The van der Waals surface area contributed by atoms with Crippen LogP contribution in [0.1, 0.15) is 41.2 Å². The van der Waals surface area contributed by atoms with E-state index in [9.17, 15) is 4.39 Å². The number of rotatable bonds is 3. The van der Waals surface area contributed by atoms with Gasteiger partial charge in [0.25, 0.3) is 0 Å². The fourth-order valence-electron chi connectivity index (χ4n) is 2.48. The zero-order valence-corrected chi connectivity index (χ0v) is 16.8. The van der Waals surface area contributed by atoms with Crippen molar-refractivity contribution < 1.29 is 4.39 Å². The molecule has 0 heterocycles. The lowest BCUT2D eigenvalue weighted by atomic mass is 9.95. The van der Waals surface area contributed by atoms with Crippen molar-refractivity contribution in [1.82, 2.24) is 0 Å². The van der Waals surface area contributed by atoms with E-state index in [4.69, 9.17) is 0 Å². The van der Waals surface area contributed by atoms with Crippen LogP contribution in [0, 0.1) is 35.1 Å². The summed E-state index contributed by atoms with van der Waals surface area (Å²) >= 11 is 6.57. The Kier molecular flexibility index (Phi) is 6.68. The third kappa shape index (κ3) is 4.30. The minimum Gasteiger partial charge on any atom is -0.204 e. The maximum absolute atomic E-state index is 14.1. The van der Waals surface area contributed by atoms with Crippen LogP contribution in [0.25, 0.3) is 0 Å². The molecule has 0 N–H and O–H groups in total. The lowest BCUT2D eigenvalue weighted by Gasteiger charge is -2.09. The van der Waals surface area contributed by atoms with E-state index >= 15 is 0 Å². The first-order valence-electron chi connectivity index (χ1n) is 7.66. The molecule has 122 valence electrons. The first kappa shape index (κ1) is 18.8. The number of aliphatic imine (C=N–C) groups is 1. The summed E-state index contributed by atoms with van der Waals surface area (Å²) in [5.74, 6) is 5.77. The van der Waals surface area contributed by atoms with Crippen molar-refractivity contribution in [3.8, 4) is 11.8 Å². The molecule has 4 heteroatoms. The summed E-state index contributed by atoms with van der Waals surface area (Å²) in [4.78, 5) is 3.75.